The van der Waals surface area contributed by atoms with Crippen LogP contribution in [0.25, 0.3) is 0 Å². The van der Waals surface area contributed by atoms with Crippen LogP contribution in [-0.4, -0.2) is 57.1 Å². The van der Waals surface area contributed by atoms with Crippen molar-refractivity contribution in [2.75, 3.05) is 30.3 Å². The lowest BCUT2D eigenvalue weighted by molar-refractivity contribution is -0.140. The van der Waals surface area contributed by atoms with E-state index in [0.29, 0.717) is 40.9 Å². The van der Waals surface area contributed by atoms with Crippen LogP contribution >= 0.6 is 35.0 Å². The molecular formula is C32H39Cl2N3O5S2. The molecule has 0 aromatic heterocycles. The summed E-state index contributed by atoms with van der Waals surface area (Å²) in [7, 11) is -4.20. The fourth-order valence-electron chi connectivity index (χ4n) is 4.45. The van der Waals surface area contributed by atoms with E-state index in [-0.39, 0.29) is 29.0 Å². The summed E-state index contributed by atoms with van der Waals surface area (Å²) in [5, 5.41) is 3.67. The third kappa shape index (κ3) is 9.30. The molecule has 0 heterocycles. The Labute approximate surface area is 275 Å². The summed E-state index contributed by atoms with van der Waals surface area (Å²) >= 11 is 14.1. The van der Waals surface area contributed by atoms with Crippen molar-refractivity contribution in [2.24, 2.45) is 5.92 Å². The van der Waals surface area contributed by atoms with Crippen molar-refractivity contribution in [3.05, 3.63) is 82.3 Å². The van der Waals surface area contributed by atoms with Crippen LogP contribution in [-0.2, 0) is 26.2 Å². The zero-order chi connectivity index (χ0) is 32.4. The number of ether oxygens (including phenoxy) is 1. The number of halogens is 2. The maximum Gasteiger partial charge on any atom is 0.264 e. The van der Waals surface area contributed by atoms with Crippen molar-refractivity contribution in [3.63, 3.8) is 0 Å². The fraction of sp³-hybridized carbons (Fsp3) is 0.375. The van der Waals surface area contributed by atoms with Crippen LogP contribution in [0, 0.1) is 5.92 Å². The van der Waals surface area contributed by atoms with Gasteiger partial charge in [-0.05, 0) is 91.7 Å². The molecule has 0 unspecified atom stereocenters. The molecule has 0 aliphatic rings. The number of hydrogen-bond acceptors (Lipinski definition) is 6. The van der Waals surface area contributed by atoms with Crippen molar-refractivity contribution >= 4 is 62.5 Å². The number of carbonyl (C=O) groups excluding carboxylic acids is 2. The minimum absolute atomic E-state index is 0.0258. The van der Waals surface area contributed by atoms with Gasteiger partial charge in [0.2, 0.25) is 11.8 Å². The third-order valence-electron chi connectivity index (χ3n) is 6.79. The first-order valence-electron chi connectivity index (χ1n) is 14.3. The predicted molar refractivity (Wildman–Crippen MR) is 179 cm³/mol. The highest BCUT2D eigenvalue weighted by molar-refractivity contribution is 7.98. The van der Waals surface area contributed by atoms with Crippen LogP contribution in [0.2, 0.25) is 10.0 Å². The molecule has 8 nitrogen and oxygen atoms in total. The monoisotopic (exact) mass is 679 g/mol. The van der Waals surface area contributed by atoms with Gasteiger partial charge in [-0.3, -0.25) is 13.9 Å². The van der Waals surface area contributed by atoms with E-state index in [0.717, 1.165) is 9.20 Å². The lowest BCUT2D eigenvalue weighted by Gasteiger charge is -2.33. The zero-order valence-corrected chi connectivity index (χ0v) is 28.7. The molecule has 1 atom stereocenters. The normalized spacial score (nSPS) is 12.1. The molecule has 0 saturated heterocycles. The number of benzene rings is 3. The van der Waals surface area contributed by atoms with Gasteiger partial charge in [0.05, 0.1) is 17.2 Å². The smallest absolute Gasteiger partial charge is 0.264 e. The average Bonchev–Trinajstić information content (AvgIpc) is 3.00. The Balaban J connectivity index is 2.08. The van der Waals surface area contributed by atoms with Crippen molar-refractivity contribution in [1.29, 1.82) is 0 Å². The van der Waals surface area contributed by atoms with Crippen LogP contribution in [0.1, 0.15) is 39.7 Å². The molecule has 1 N–H and O–H groups in total. The van der Waals surface area contributed by atoms with Gasteiger partial charge in [0.1, 0.15) is 18.3 Å². The molecule has 0 aliphatic carbocycles. The Bertz CT molecular complexity index is 1520. The summed E-state index contributed by atoms with van der Waals surface area (Å²) in [4.78, 5) is 29.9. The van der Waals surface area contributed by atoms with Crippen molar-refractivity contribution in [1.82, 2.24) is 10.2 Å². The number of nitrogens with zero attached hydrogens (tertiary/aromatic N) is 2. The summed E-state index contributed by atoms with van der Waals surface area (Å²) in [5.41, 5.74) is 0.847. The topological polar surface area (TPSA) is 96.0 Å². The molecule has 238 valence electrons. The first-order chi connectivity index (χ1) is 20.9. The van der Waals surface area contributed by atoms with Gasteiger partial charge in [0.25, 0.3) is 10.0 Å². The molecule has 3 aromatic rings. The standard InChI is InChI=1S/C32H39Cl2N3O5S2/c1-6-30(32(39)35-19-22(3)4)36(20-23-8-9-24(33)18-29(23)34)31(38)21-37(25-10-12-26(13-11-25)42-7-2)44(40,41)28-16-14-27(43-5)15-17-28/h8-18,22,30H,6-7,19-21H2,1-5H3,(H,35,39)/t30-/m1/s1. The van der Waals surface area contributed by atoms with E-state index in [1.807, 2.05) is 27.0 Å². The Kier molecular flexibility index (Phi) is 13.3. The van der Waals surface area contributed by atoms with E-state index in [4.69, 9.17) is 27.9 Å². The van der Waals surface area contributed by atoms with Gasteiger partial charge >= 0.3 is 0 Å². The first kappa shape index (κ1) is 35.6. The van der Waals surface area contributed by atoms with Crippen LogP contribution in [0.5, 0.6) is 5.75 Å². The summed E-state index contributed by atoms with van der Waals surface area (Å²) in [5.74, 6) is -0.135. The Morgan fingerprint density at radius 3 is 2.18 bits per heavy atom. The number of hydrogen-bond donors (Lipinski definition) is 1. The molecule has 0 bridgehead atoms. The van der Waals surface area contributed by atoms with Crippen LogP contribution in [0.4, 0.5) is 5.69 Å². The molecule has 2 amide bonds. The van der Waals surface area contributed by atoms with Gasteiger partial charge in [0, 0.05) is 28.0 Å². The minimum atomic E-state index is -4.20. The van der Waals surface area contributed by atoms with E-state index in [2.05, 4.69) is 5.32 Å². The maximum atomic E-state index is 14.2. The number of carbonyl (C=O) groups is 2. The van der Waals surface area contributed by atoms with Gasteiger partial charge in [-0.25, -0.2) is 8.42 Å². The van der Waals surface area contributed by atoms with Gasteiger partial charge in [0.15, 0.2) is 0 Å². The summed E-state index contributed by atoms with van der Waals surface area (Å²) in [6, 6.07) is 17.0. The number of rotatable bonds is 15. The Morgan fingerprint density at radius 2 is 1.64 bits per heavy atom. The fourth-order valence-corrected chi connectivity index (χ4v) is 6.75. The molecule has 0 spiro atoms. The number of sulfonamides is 1. The second kappa shape index (κ2) is 16.4. The van der Waals surface area contributed by atoms with Crippen molar-refractivity contribution in [3.8, 4) is 5.75 Å². The largest absolute Gasteiger partial charge is 0.494 e. The van der Waals surface area contributed by atoms with Gasteiger partial charge in [-0.1, -0.05) is 50.0 Å². The minimum Gasteiger partial charge on any atom is -0.494 e. The molecular weight excluding hydrogens is 641 g/mol. The number of nitrogens with one attached hydrogen (secondary N) is 1. The SMILES string of the molecule is CCOc1ccc(N(CC(=O)N(Cc2ccc(Cl)cc2Cl)[C@H](CC)C(=O)NCC(C)C)S(=O)(=O)c2ccc(SC)cc2)cc1. The summed E-state index contributed by atoms with van der Waals surface area (Å²) < 4.78 is 34.8. The lowest BCUT2D eigenvalue weighted by Crippen LogP contribution is -2.52. The average molecular weight is 681 g/mol. The molecule has 3 aromatic carbocycles. The number of thioether (sulfide) groups is 1. The molecule has 0 saturated carbocycles. The highest BCUT2D eigenvalue weighted by Crippen LogP contribution is 2.29. The van der Waals surface area contributed by atoms with Gasteiger partial charge in [-0.2, -0.15) is 0 Å². The highest BCUT2D eigenvalue weighted by atomic mass is 35.5. The molecule has 3 rings (SSSR count). The Morgan fingerprint density at radius 1 is 0.977 bits per heavy atom. The molecule has 0 aliphatic heterocycles. The van der Waals surface area contributed by atoms with Crippen LogP contribution in [0.3, 0.4) is 0 Å². The van der Waals surface area contributed by atoms with E-state index in [9.17, 15) is 18.0 Å². The summed E-state index contributed by atoms with van der Waals surface area (Å²) in [6.07, 6.45) is 2.20. The second-order valence-electron chi connectivity index (χ2n) is 10.4. The zero-order valence-electron chi connectivity index (χ0n) is 25.5. The highest BCUT2D eigenvalue weighted by Gasteiger charge is 2.34. The van der Waals surface area contributed by atoms with Crippen LogP contribution in [0.15, 0.2) is 76.5 Å². The third-order valence-corrected chi connectivity index (χ3v) is 9.91. The lowest BCUT2D eigenvalue weighted by atomic mass is 10.1. The van der Waals surface area contributed by atoms with E-state index in [1.54, 1.807) is 61.5 Å². The number of anilines is 1. The molecule has 0 radical (unpaired) electrons. The predicted octanol–water partition coefficient (Wildman–Crippen LogP) is 6.89. The molecule has 0 fully saturated rings. The van der Waals surface area contributed by atoms with Crippen molar-refractivity contribution < 1.29 is 22.7 Å². The summed E-state index contributed by atoms with van der Waals surface area (Å²) in [6.45, 7) is 7.90. The van der Waals surface area contributed by atoms with Gasteiger partial charge in [-0.15, -0.1) is 11.8 Å². The second-order valence-corrected chi connectivity index (χ2v) is 14.0. The maximum absolute atomic E-state index is 14.2. The molecule has 44 heavy (non-hydrogen) atoms. The van der Waals surface area contributed by atoms with Crippen LogP contribution < -0.4 is 14.4 Å². The van der Waals surface area contributed by atoms with Crippen molar-refractivity contribution in [2.45, 2.75) is 56.5 Å². The number of amides is 2. The Hall–Kier alpha value is -2.92. The van der Waals surface area contributed by atoms with E-state index in [1.165, 1.54) is 28.8 Å². The molecule has 12 heteroatoms. The first-order valence-corrected chi connectivity index (χ1v) is 17.7. The van der Waals surface area contributed by atoms with Gasteiger partial charge < -0.3 is 15.0 Å². The van der Waals surface area contributed by atoms with E-state index >= 15 is 0 Å². The van der Waals surface area contributed by atoms with E-state index < -0.39 is 28.5 Å². The quantitative estimate of drug-likeness (QED) is 0.176.